The zero-order chi connectivity index (χ0) is 26.6. The number of hydrogen-bond acceptors (Lipinski definition) is 7. The molecule has 9 heteroatoms. The molecule has 8 nitrogen and oxygen atoms in total. The Bertz CT molecular complexity index is 646. The summed E-state index contributed by atoms with van der Waals surface area (Å²) in [5.74, 6) is -0.767. The summed E-state index contributed by atoms with van der Waals surface area (Å²) in [6, 6.07) is 0. The number of aliphatic hydroxyl groups is 2. The van der Waals surface area contributed by atoms with E-state index < -0.39 is 32.4 Å². The molecule has 35 heavy (non-hydrogen) atoms. The third-order valence-corrected chi connectivity index (χ3v) is 6.54. The van der Waals surface area contributed by atoms with Crippen LogP contribution in [0.4, 0.5) is 0 Å². The minimum Gasteiger partial charge on any atom is -0.756 e. The van der Waals surface area contributed by atoms with Gasteiger partial charge >= 0.3 is 0 Å². The van der Waals surface area contributed by atoms with E-state index >= 15 is 0 Å². The van der Waals surface area contributed by atoms with Crippen molar-refractivity contribution in [3.05, 3.63) is 24.3 Å². The quantitative estimate of drug-likeness (QED) is 0.0680. The number of aliphatic hydroxyl groups excluding tert-OH is 2. The van der Waals surface area contributed by atoms with Crippen molar-refractivity contribution >= 4 is 13.6 Å². The zero-order valence-electron chi connectivity index (χ0n) is 22.4. The average Bonchev–Trinajstić information content (AvgIpc) is 2.78. The van der Waals surface area contributed by atoms with Gasteiger partial charge in [0.2, 0.25) is 0 Å². The number of hydrogen-bond donors (Lipinski definition) is 2. The predicted molar refractivity (Wildman–Crippen MR) is 139 cm³/mol. The Labute approximate surface area is 213 Å². The zero-order valence-corrected chi connectivity index (χ0v) is 23.3. The summed E-state index contributed by atoms with van der Waals surface area (Å²) in [6.07, 6.45) is 17.9. The summed E-state index contributed by atoms with van der Waals surface area (Å²) < 4.78 is 22.1. The molecule has 0 spiro atoms. The van der Waals surface area contributed by atoms with E-state index in [1.165, 1.54) is 70.3 Å². The Morgan fingerprint density at radius 3 is 2.03 bits per heavy atom. The number of carbonyl (C=O) groups is 1. The monoisotopic (exact) mass is 519 g/mol. The van der Waals surface area contributed by atoms with Crippen molar-refractivity contribution in [2.75, 3.05) is 40.9 Å². The van der Waals surface area contributed by atoms with Crippen LogP contribution >= 0.6 is 7.82 Å². The number of likely N-dealkylation sites (N-methyl/N-ethyl adjacent to an activating group) is 1. The maximum Gasteiger partial charge on any atom is 0.268 e. The molecular weight excluding hydrogens is 469 g/mol. The third kappa shape index (κ3) is 21.0. The van der Waals surface area contributed by atoms with Crippen molar-refractivity contribution in [3.63, 3.8) is 0 Å². The van der Waals surface area contributed by atoms with Crippen LogP contribution in [0.3, 0.4) is 0 Å². The van der Waals surface area contributed by atoms with E-state index in [9.17, 15) is 24.5 Å². The normalized spacial score (nSPS) is 16.1. The Morgan fingerprint density at radius 1 is 0.971 bits per heavy atom. The lowest BCUT2D eigenvalue weighted by molar-refractivity contribution is -0.870. The van der Waals surface area contributed by atoms with Gasteiger partial charge in [-0.15, -0.1) is 0 Å². The van der Waals surface area contributed by atoms with Gasteiger partial charge in [0.1, 0.15) is 19.3 Å². The molecule has 3 atom stereocenters. The van der Waals surface area contributed by atoms with Gasteiger partial charge in [-0.2, -0.15) is 0 Å². The number of quaternary nitrogens is 1. The first-order valence-corrected chi connectivity index (χ1v) is 14.6. The van der Waals surface area contributed by atoms with Crippen LogP contribution in [0.5, 0.6) is 0 Å². The van der Waals surface area contributed by atoms with Gasteiger partial charge in [-0.25, -0.2) is 0 Å². The summed E-state index contributed by atoms with van der Waals surface area (Å²) in [7, 11) is 0.783. The minimum atomic E-state index is -4.83. The Kier molecular flexibility index (Phi) is 19.7. The number of ketones is 1. The first kappa shape index (κ1) is 34.1. The summed E-state index contributed by atoms with van der Waals surface area (Å²) in [5, 5.41) is 19.0. The Balaban J connectivity index is 4.24. The lowest BCUT2D eigenvalue weighted by Crippen LogP contribution is -2.40. The van der Waals surface area contributed by atoms with Crippen LogP contribution in [0.25, 0.3) is 0 Å². The maximum absolute atomic E-state index is 12.4. The molecular formula is C26H50NO7P. The fraction of sp³-hybridized carbons (Fsp3) is 0.808. The average molecular weight is 520 g/mol. The highest BCUT2D eigenvalue weighted by molar-refractivity contribution is 7.45. The first-order chi connectivity index (χ1) is 16.5. The number of nitrogens with zero attached hydrogens (tertiary/aromatic N) is 1. The van der Waals surface area contributed by atoms with Gasteiger partial charge in [0.15, 0.2) is 11.9 Å². The molecule has 0 saturated heterocycles. The van der Waals surface area contributed by atoms with E-state index in [0.717, 1.165) is 18.9 Å². The number of allylic oxidation sites excluding steroid dienone is 3. The van der Waals surface area contributed by atoms with Crippen LogP contribution in [-0.2, 0) is 18.4 Å². The highest BCUT2D eigenvalue weighted by atomic mass is 31.2. The second-order valence-electron chi connectivity index (χ2n) is 10.1. The van der Waals surface area contributed by atoms with Gasteiger partial charge in [0.25, 0.3) is 7.82 Å². The molecule has 0 aliphatic carbocycles. The number of phosphoric ester groups is 1. The second kappa shape index (κ2) is 20.2. The van der Waals surface area contributed by atoms with Crippen LogP contribution in [0, 0.1) is 0 Å². The summed E-state index contributed by atoms with van der Waals surface area (Å²) in [6.45, 7) is 1.69. The molecule has 206 valence electrons. The van der Waals surface area contributed by atoms with E-state index in [0.29, 0.717) is 11.0 Å². The number of carbonyl (C=O) groups excluding carboxylic acids is 1. The topological polar surface area (TPSA) is 116 Å². The predicted octanol–water partition coefficient (Wildman–Crippen LogP) is 4.30. The summed E-state index contributed by atoms with van der Waals surface area (Å²) >= 11 is 0. The molecule has 0 aromatic carbocycles. The Hall–Kier alpha value is -0.860. The molecule has 0 amide bonds. The van der Waals surface area contributed by atoms with Crippen molar-refractivity contribution in [1.82, 2.24) is 0 Å². The van der Waals surface area contributed by atoms with Crippen molar-refractivity contribution in [1.29, 1.82) is 0 Å². The van der Waals surface area contributed by atoms with E-state index in [4.69, 9.17) is 9.05 Å². The number of phosphoric acid groups is 1. The van der Waals surface area contributed by atoms with Crippen LogP contribution in [0.2, 0.25) is 0 Å². The molecule has 0 radical (unpaired) electrons. The second-order valence-corrected chi connectivity index (χ2v) is 11.4. The number of unbranched alkanes of at least 4 members (excludes halogenated alkanes) is 11. The molecule has 0 heterocycles. The molecule has 0 fully saturated rings. The molecule has 0 aliphatic heterocycles. The van der Waals surface area contributed by atoms with Crippen molar-refractivity contribution < 1.29 is 38.0 Å². The lowest BCUT2D eigenvalue weighted by Gasteiger charge is -2.30. The highest BCUT2D eigenvalue weighted by Gasteiger charge is 2.30. The van der Waals surface area contributed by atoms with Gasteiger partial charge in [0.05, 0.1) is 27.7 Å². The van der Waals surface area contributed by atoms with Crippen LogP contribution < -0.4 is 4.89 Å². The van der Waals surface area contributed by atoms with E-state index in [-0.39, 0.29) is 6.61 Å². The lowest BCUT2D eigenvalue weighted by atomic mass is 10.1. The third-order valence-electron chi connectivity index (χ3n) is 5.55. The minimum absolute atomic E-state index is 0.127. The number of rotatable bonds is 23. The smallest absolute Gasteiger partial charge is 0.268 e. The molecule has 0 rings (SSSR count). The highest BCUT2D eigenvalue weighted by Crippen LogP contribution is 2.40. The SMILES string of the molecule is CCCCCCCCCCCCCC=CC=CC(=O)C(OP(=O)([O-])OCC[N+](C)(C)C)[C@@H](O)CO. The van der Waals surface area contributed by atoms with Crippen molar-refractivity contribution in [3.8, 4) is 0 Å². The van der Waals surface area contributed by atoms with Crippen LogP contribution in [0.1, 0.15) is 84.0 Å². The van der Waals surface area contributed by atoms with Crippen molar-refractivity contribution in [2.24, 2.45) is 0 Å². The van der Waals surface area contributed by atoms with Gasteiger partial charge in [-0.3, -0.25) is 9.36 Å². The fourth-order valence-corrected chi connectivity index (χ4v) is 4.24. The molecule has 0 aromatic rings. The van der Waals surface area contributed by atoms with Crippen molar-refractivity contribution in [2.45, 2.75) is 96.2 Å². The first-order valence-electron chi connectivity index (χ1n) is 13.1. The Morgan fingerprint density at radius 2 is 1.51 bits per heavy atom. The molecule has 0 saturated carbocycles. The van der Waals surface area contributed by atoms with E-state index in [1.54, 1.807) is 6.08 Å². The summed E-state index contributed by atoms with van der Waals surface area (Å²) in [5.41, 5.74) is 0. The van der Waals surface area contributed by atoms with Gasteiger partial charge in [-0.05, 0) is 18.9 Å². The van der Waals surface area contributed by atoms with Gasteiger partial charge in [0, 0.05) is 0 Å². The van der Waals surface area contributed by atoms with Crippen LogP contribution in [0.15, 0.2) is 24.3 Å². The van der Waals surface area contributed by atoms with Crippen LogP contribution in [-0.4, -0.2) is 73.6 Å². The van der Waals surface area contributed by atoms with Gasteiger partial charge < -0.3 is 28.6 Å². The largest absolute Gasteiger partial charge is 0.756 e. The van der Waals surface area contributed by atoms with Gasteiger partial charge in [-0.1, -0.05) is 89.4 Å². The molecule has 2 N–H and O–H groups in total. The molecule has 2 unspecified atom stereocenters. The standard InChI is InChI=1S/C26H50NO7P/c1-5-6-7-8-9-10-11-12-13-14-15-16-17-18-19-20-24(29)26(25(30)23-28)34-35(31,32)33-22-21-27(2,3)4/h17-20,25-26,28,30H,5-16,21-23H2,1-4H3/t25-,26?/m0/s1. The molecule has 0 aliphatic rings. The molecule has 0 aromatic heterocycles. The molecule has 0 bridgehead atoms. The van der Waals surface area contributed by atoms with E-state index in [1.807, 2.05) is 27.2 Å². The van der Waals surface area contributed by atoms with E-state index in [2.05, 4.69) is 6.92 Å². The maximum atomic E-state index is 12.4. The fourth-order valence-electron chi connectivity index (χ4n) is 3.35. The summed E-state index contributed by atoms with van der Waals surface area (Å²) in [4.78, 5) is 24.4.